The number of nitrogens with one attached hydrogen (secondary N) is 1. The Morgan fingerprint density at radius 3 is 2.50 bits per heavy atom. The van der Waals surface area contributed by atoms with Gasteiger partial charge in [-0.05, 0) is 36.4 Å². The van der Waals surface area contributed by atoms with E-state index < -0.39 is 0 Å². The van der Waals surface area contributed by atoms with Crippen molar-refractivity contribution in [1.29, 1.82) is 0 Å². The number of hydrogen-bond donors (Lipinski definition) is 1. The molecule has 1 atom stereocenters. The van der Waals surface area contributed by atoms with Crippen LogP contribution in [0.4, 0.5) is 0 Å². The van der Waals surface area contributed by atoms with Gasteiger partial charge in [0.2, 0.25) is 0 Å². The molecule has 20 heavy (non-hydrogen) atoms. The molecule has 1 aromatic rings. The van der Waals surface area contributed by atoms with Crippen molar-refractivity contribution in [2.75, 3.05) is 12.3 Å². The summed E-state index contributed by atoms with van der Waals surface area (Å²) in [5, 5.41) is 3.69. The van der Waals surface area contributed by atoms with Crippen molar-refractivity contribution in [1.82, 2.24) is 5.32 Å². The van der Waals surface area contributed by atoms with Crippen molar-refractivity contribution in [3.63, 3.8) is 0 Å². The van der Waals surface area contributed by atoms with Crippen LogP contribution in [0, 0.1) is 0 Å². The maximum atomic E-state index is 3.69. The molecule has 0 amide bonds. The smallest absolute Gasteiger partial charge is 0.0414 e. The molecule has 112 valence electrons. The largest absolute Gasteiger partial charge is 0.310 e. The van der Waals surface area contributed by atoms with E-state index in [2.05, 4.69) is 69.0 Å². The third kappa shape index (κ3) is 4.26. The van der Waals surface area contributed by atoms with Crippen LogP contribution in [-0.4, -0.2) is 17.0 Å². The minimum Gasteiger partial charge on any atom is -0.310 e. The van der Waals surface area contributed by atoms with Gasteiger partial charge in [0.25, 0.3) is 0 Å². The van der Waals surface area contributed by atoms with Crippen LogP contribution in [0.5, 0.6) is 0 Å². The molecule has 1 saturated carbocycles. The molecule has 1 aromatic carbocycles. The highest BCUT2D eigenvalue weighted by atomic mass is 32.2. The zero-order chi connectivity index (χ0) is 14.6. The van der Waals surface area contributed by atoms with Gasteiger partial charge >= 0.3 is 0 Å². The Morgan fingerprint density at radius 1 is 1.25 bits per heavy atom. The van der Waals surface area contributed by atoms with E-state index in [1.165, 1.54) is 24.8 Å². The molecule has 0 aliphatic heterocycles. The predicted octanol–water partition coefficient (Wildman–Crippen LogP) is 5.14. The fourth-order valence-corrected chi connectivity index (χ4v) is 3.72. The second-order valence-corrected chi connectivity index (χ2v) is 8.64. The molecule has 1 nitrogen and oxygen atoms in total. The summed E-state index contributed by atoms with van der Waals surface area (Å²) >= 11 is 2.06. The lowest BCUT2D eigenvalue weighted by Crippen LogP contribution is -2.27. The van der Waals surface area contributed by atoms with Crippen LogP contribution in [0.2, 0.25) is 0 Å². The first-order valence-electron chi connectivity index (χ1n) is 7.97. The van der Waals surface area contributed by atoms with Crippen LogP contribution < -0.4 is 5.32 Å². The first-order chi connectivity index (χ1) is 9.51. The average molecular weight is 292 g/mol. The summed E-state index contributed by atoms with van der Waals surface area (Å²) in [5.41, 5.74) is 3.13. The second-order valence-electron chi connectivity index (χ2n) is 6.79. The molecule has 0 spiro atoms. The summed E-state index contributed by atoms with van der Waals surface area (Å²) in [6, 6.07) is 9.58. The molecule has 2 rings (SSSR count). The zero-order valence-corrected chi connectivity index (χ0v) is 14.2. The molecule has 1 fully saturated rings. The highest BCUT2D eigenvalue weighted by Crippen LogP contribution is 2.40. The molecular formula is C18H29NS. The maximum absolute atomic E-state index is 3.69. The number of thioether (sulfide) groups is 1. The van der Waals surface area contributed by atoms with Crippen LogP contribution in [0.3, 0.4) is 0 Å². The maximum Gasteiger partial charge on any atom is 0.0414 e. The van der Waals surface area contributed by atoms with Gasteiger partial charge in [0.05, 0.1) is 0 Å². The Balaban J connectivity index is 2.15. The van der Waals surface area contributed by atoms with Crippen molar-refractivity contribution in [3.8, 4) is 0 Å². The quantitative estimate of drug-likeness (QED) is 0.779. The lowest BCUT2D eigenvalue weighted by Gasteiger charge is -2.31. The fourth-order valence-electron chi connectivity index (χ4n) is 2.76. The molecule has 1 aliphatic rings. The number of benzene rings is 1. The minimum absolute atomic E-state index is 0.332. The van der Waals surface area contributed by atoms with E-state index in [4.69, 9.17) is 0 Å². The molecule has 0 radical (unpaired) electrons. The summed E-state index contributed by atoms with van der Waals surface area (Å²) in [6.07, 6.45) is 4.16. The molecule has 2 heteroatoms. The highest BCUT2D eigenvalue weighted by molar-refractivity contribution is 8.00. The van der Waals surface area contributed by atoms with Gasteiger partial charge in [-0.1, -0.05) is 58.4 Å². The van der Waals surface area contributed by atoms with E-state index in [1.54, 1.807) is 5.56 Å². The minimum atomic E-state index is 0.332. The molecule has 0 saturated heterocycles. The molecule has 0 bridgehead atoms. The van der Waals surface area contributed by atoms with Crippen LogP contribution >= 0.6 is 11.8 Å². The molecule has 1 aliphatic carbocycles. The lowest BCUT2D eigenvalue weighted by molar-refractivity contribution is 0.413. The van der Waals surface area contributed by atoms with Gasteiger partial charge in [0.1, 0.15) is 0 Å². The van der Waals surface area contributed by atoms with E-state index >= 15 is 0 Å². The van der Waals surface area contributed by atoms with E-state index in [0.717, 1.165) is 18.2 Å². The first kappa shape index (κ1) is 15.9. The van der Waals surface area contributed by atoms with Crippen LogP contribution in [0.1, 0.15) is 70.0 Å². The normalized spacial score (nSPS) is 17.8. The third-order valence-electron chi connectivity index (χ3n) is 4.05. The van der Waals surface area contributed by atoms with E-state index in [-0.39, 0.29) is 0 Å². The summed E-state index contributed by atoms with van der Waals surface area (Å²) < 4.78 is 0.332. The average Bonchev–Trinajstić information content (AvgIpc) is 2.32. The van der Waals surface area contributed by atoms with Gasteiger partial charge in [0, 0.05) is 16.5 Å². The van der Waals surface area contributed by atoms with E-state index in [1.807, 2.05) is 0 Å². The van der Waals surface area contributed by atoms with Crippen LogP contribution in [0.25, 0.3) is 0 Å². The predicted molar refractivity (Wildman–Crippen MR) is 91.7 cm³/mol. The van der Waals surface area contributed by atoms with Gasteiger partial charge in [-0.3, -0.25) is 0 Å². The SMILES string of the molecule is CCNC(CSC(C)(C)C)c1ccccc1C1CCC1. The topological polar surface area (TPSA) is 12.0 Å². The standard InChI is InChI=1S/C18H29NS/c1-5-19-17(13-20-18(2,3)4)16-12-7-6-11-15(16)14-9-8-10-14/h6-7,11-12,14,17,19H,5,8-10,13H2,1-4H3. The highest BCUT2D eigenvalue weighted by Gasteiger charge is 2.25. The van der Waals surface area contributed by atoms with E-state index in [0.29, 0.717) is 10.8 Å². The lowest BCUT2D eigenvalue weighted by atomic mass is 9.77. The summed E-state index contributed by atoms with van der Waals surface area (Å²) in [6.45, 7) is 10.2. The van der Waals surface area contributed by atoms with Crippen molar-refractivity contribution in [2.24, 2.45) is 0 Å². The van der Waals surface area contributed by atoms with Gasteiger partial charge < -0.3 is 5.32 Å². The van der Waals surface area contributed by atoms with Gasteiger partial charge in [0.15, 0.2) is 0 Å². The number of hydrogen-bond acceptors (Lipinski definition) is 2. The third-order valence-corrected chi connectivity index (χ3v) is 5.42. The fraction of sp³-hybridized carbons (Fsp3) is 0.667. The second kappa shape index (κ2) is 7.00. The molecular weight excluding hydrogens is 262 g/mol. The van der Waals surface area contributed by atoms with Crippen molar-refractivity contribution >= 4 is 11.8 Å². The van der Waals surface area contributed by atoms with Crippen molar-refractivity contribution in [2.45, 2.75) is 63.7 Å². The Labute approximate surface area is 128 Å². The van der Waals surface area contributed by atoms with Crippen molar-refractivity contribution in [3.05, 3.63) is 35.4 Å². The zero-order valence-electron chi connectivity index (χ0n) is 13.4. The van der Waals surface area contributed by atoms with Gasteiger partial charge in [-0.15, -0.1) is 0 Å². The van der Waals surface area contributed by atoms with Crippen LogP contribution in [-0.2, 0) is 0 Å². The number of rotatable bonds is 6. The van der Waals surface area contributed by atoms with Crippen LogP contribution in [0.15, 0.2) is 24.3 Å². The summed E-state index contributed by atoms with van der Waals surface area (Å²) in [5.74, 6) is 1.97. The Hall–Kier alpha value is -0.470. The van der Waals surface area contributed by atoms with E-state index in [9.17, 15) is 0 Å². The molecule has 1 N–H and O–H groups in total. The summed E-state index contributed by atoms with van der Waals surface area (Å²) in [4.78, 5) is 0. The molecule has 0 aromatic heterocycles. The summed E-state index contributed by atoms with van der Waals surface area (Å²) in [7, 11) is 0. The van der Waals surface area contributed by atoms with Gasteiger partial charge in [-0.25, -0.2) is 0 Å². The van der Waals surface area contributed by atoms with Crippen molar-refractivity contribution < 1.29 is 0 Å². The Bertz CT molecular complexity index is 418. The molecule has 1 unspecified atom stereocenters. The first-order valence-corrected chi connectivity index (χ1v) is 8.96. The Morgan fingerprint density at radius 2 is 1.95 bits per heavy atom. The monoisotopic (exact) mass is 291 g/mol. The Kier molecular flexibility index (Phi) is 5.57. The molecule has 0 heterocycles. The van der Waals surface area contributed by atoms with Gasteiger partial charge in [-0.2, -0.15) is 11.8 Å².